The van der Waals surface area contributed by atoms with E-state index < -0.39 is 24.4 Å². The van der Waals surface area contributed by atoms with Crippen LogP contribution in [0.15, 0.2) is 0 Å². The summed E-state index contributed by atoms with van der Waals surface area (Å²) in [7, 11) is 0. The number of amides is 1. The highest BCUT2D eigenvalue weighted by molar-refractivity contribution is 5.89. The molecule has 2 atom stereocenters. The van der Waals surface area contributed by atoms with Crippen molar-refractivity contribution in [2.75, 3.05) is 0 Å². The molecule has 1 heterocycles. The maximum absolute atomic E-state index is 11.6. The second kappa shape index (κ2) is 1.91. The number of alkyl halides is 2. The molecule has 3 nitrogen and oxygen atoms in total. The molecule has 9 heavy (non-hydrogen) atoms. The molecule has 5 heteroatoms. The van der Waals surface area contributed by atoms with Gasteiger partial charge in [-0.3, -0.25) is 4.79 Å². The van der Waals surface area contributed by atoms with Crippen LogP contribution in [0.3, 0.4) is 0 Å². The zero-order valence-corrected chi connectivity index (χ0v) is 4.47. The van der Waals surface area contributed by atoms with Crippen LogP contribution in [0.25, 0.3) is 0 Å². The lowest BCUT2D eigenvalue weighted by molar-refractivity contribution is -0.134. The van der Waals surface area contributed by atoms with Crippen LogP contribution in [-0.2, 0) is 4.79 Å². The third kappa shape index (κ3) is 0.873. The van der Waals surface area contributed by atoms with Gasteiger partial charge in [0.2, 0.25) is 5.91 Å². The van der Waals surface area contributed by atoms with Crippen LogP contribution in [0.4, 0.5) is 8.78 Å². The van der Waals surface area contributed by atoms with Crippen molar-refractivity contribution in [3.8, 4) is 0 Å². The number of nitrogens with one attached hydrogen (secondary N) is 1. The second-order valence-corrected chi connectivity index (χ2v) is 1.89. The Bertz CT molecular complexity index is 139. The highest BCUT2D eigenvalue weighted by atomic mass is 19.3. The van der Waals surface area contributed by atoms with Crippen molar-refractivity contribution in [2.45, 2.75) is 18.5 Å². The summed E-state index contributed by atoms with van der Waals surface area (Å²) in [5.74, 6) is -0.500. The Kier molecular flexibility index (Phi) is 1.36. The minimum Gasteiger partial charge on any atom is -0.344 e. The van der Waals surface area contributed by atoms with Crippen LogP contribution < -0.4 is 11.1 Å². The monoisotopic (exact) mass is 136 g/mol. The minimum absolute atomic E-state index is 0.500. The molecule has 0 radical (unpaired) electrons. The summed E-state index contributed by atoms with van der Waals surface area (Å²) >= 11 is 0. The van der Waals surface area contributed by atoms with E-state index in [0.29, 0.717) is 0 Å². The molecule has 1 aliphatic rings. The van der Waals surface area contributed by atoms with Gasteiger partial charge in [0, 0.05) is 0 Å². The van der Waals surface area contributed by atoms with E-state index in [0.717, 1.165) is 0 Å². The molecule has 0 saturated carbocycles. The zero-order chi connectivity index (χ0) is 7.02. The predicted molar refractivity (Wildman–Crippen MR) is 25.9 cm³/mol. The van der Waals surface area contributed by atoms with Gasteiger partial charge in [0.1, 0.15) is 12.1 Å². The van der Waals surface area contributed by atoms with Gasteiger partial charge in [0.05, 0.1) is 0 Å². The Balaban J connectivity index is 2.42. The van der Waals surface area contributed by atoms with Gasteiger partial charge in [-0.05, 0) is 0 Å². The third-order valence-corrected chi connectivity index (χ3v) is 1.27. The fraction of sp³-hybridized carbons (Fsp3) is 0.750. The van der Waals surface area contributed by atoms with Crippen LogP contribution >= 0.6 is 0 Å². The van der Waals surface area contributed by atoms with E-state index in [-0.39, 0.29) is 0 Å². The number of hydrogen-bond acceptors (Lipinski definition) is 2. The van der Waals surface area contributed by atoms with Crippen LogP contribution in [0.2, 0.25) is 0 Å². The van der Waals surface area contributed by atoms with Gasteiger partial charge in [-0.15, -0.1) is 0 Å². The lowest BCUT2D eigenvalue weighted by atomic mass is 10.0. The third-order valence-electron chi connectivity index (χ3n) is 1.27. The molecule has 0 spiro atoms. The lowest BCUT2D eigenvalue weighted by Gasteiger charge is -2.32. The van der Waals surface area contributed by atoms with E-state index in [1.54, 1.807) is 0 Å². The van der Waals surface area contributed by atoms with Crippen molar-refractivity contribution in [1.82, 2.24) is 5.32 Å². The van der Waals surface area contributed by atoms with Gasteiger partial charge in [-0.1, -0.05) is 0 Å². The average Bonchev–Trinajstić information content (AvgIpc) is 1.81. The van der Waals surface area contributed by atoms with E-state index in [2.05, 4.69) is 0 Å². The van der Waals surface area contributed by atoms with Crippen molar-refractivity contribution < 1.29 is 13.6 Å². The number of carbonyl (C=O) groups excluding carboxylic acids is 1. The molecule has 1 aliphatic heterocycles. The number of nitrogens with two attached hydrogens (primary N) is 1. The summed E-state index contributed by atoms with van der Waals surface area (Å²) in [6.45, 7) is 0. The highest BCUT2D eigenvalue weighted by Crippen LogP contribution is 2.11. The first kappa shape index (κ1) is 6.41. The summed E-state index contributed by atoms with van der Waals surface area (Å²) < 4.78 is 23.2. The molecule has 1 saturated heterocycles. The van der Waals surface area contributed by atoms with Gasteiger partial charge in [0.25, 0.3) is 6.43 Å². The van der Waals surface area contributed by atoms with Crippen molar-refractivity contribution in [3.05, 3.63) is 0 Å². The second-order valence-electron chi connectivity index (χ2n) is 1.89. The molecule has 3 N–H and O–H groups in total. The van der Waals surface area contributed by atoms with Crippen molar-refractivity contribution >= 4 is 5.91 Å². The van der Waals surface area contributed by atoms with E-state index in [9.17, 15) is 13.6 Å². The van der Waals surface area contributed by atoms with Crippen molar-refractivity contribution in [1.29, 1.82) is 0 Å². The zero-order valence-electron chi connectivity index (χ0n) is 4.47. The Morgan fingerprint density at radius 3 is 2.33 bits per heavy atom. The summed E-state index contributed by atoms with van der Waals surface area (Å²) in [6.07, 6.45) is -2.54. The average molecular weight is 136 g/mol. The topological polar surface area (TPSA) is 55.1 Å². The summed E-state index contributed by atoms with van der Waals surface area (Å²) in [4.78, 5) is 10.2. The van der Waals surface area contributed by atoms with Crippen LogP contribution in [0, 0.1) is 0 Å². The minimum atomic E-state index is -2.54. The summed E-state index contributed by atoms with van der Waals surface area (Å²) in [5, 5.41) is 1.98. The molecule has 1 rings (SSSR count). The molecule has 1 amide bonds. The Hall–Kier alpha value is -0.710. The first-order chi connectivity index (χ1) is 4.13. The van der Waals surface area contributed by atoms with Gasteiger partial charge in [-0.2, -0.15) is 0 Å². The fourth-order valence-electron chi connectivity index (χ4n) is 0.637. The van der Waals surface area contributed by atoms with Gasteiger partial charge in [-0.25, -0.2) is 8.78 Å². The molecule has 0 aromatic heterocycles. The molecule has 0 aliphatic carbocycles. The fourth-order valence-corrected chi connectivity index (χ4v) is 0.637. The van der Waals surface area contributed by atoms with Crippen molar-refractivity contribution in [2.24, 2.45) is 5.73 Å². The van der Waals surface area contributed by atoms with Gasteiger partial charge < -0.3 is 11.1 Å². The number of rotatable bonds is 1. The normalized spacial score (nSPS) is 34.0. The van der Waals surface area contributed by atoms with E-state index in [1.807, 2.05) is 5.32 Å². The number of hydrogen-bond donors (Lipinski definition) is 2. The quantitative estimate of drug-likeness (QED) is 0.458. The standard InChI is InChI=1S/C4H6F2N2O/c5-3(6)2-1(7)4(9)8-2/h1-3H,7H2,(H,8,9). The van der Waals surface area contributed by atoms with Crippen LogP contribution in [0.1, 0.15) is 0 Å². The first-order valence-electron chi connectivity index (χ1n) is 2.47. The first-order valence-corrected chi connectivity index (χ1v) is 2.47. The van der Waals surface area contributed by atoms with Crippen LogP contribution in [-0.4, -0.2) is 24.4 Å². The Labute approximate surface area is 50.2 Å². The van der Waals surface area contributed by atoms with Crippen LogP contribution in [0.5, 0.6) is 0 Å². The smallest absolute Gasteiger partial charge is 0.260 e. The molecular weight excluding hydrogens is 130 g/mol. The molecule has 52 valence electrons. The summed E-state index contributed by atoms with van der Waals surface area (Å²) in [6, 6.07) is -2.14. The maximum Gasteiger partial charge on any atom is 0.260 e. The van der Waals surface area contributed by atoms with E-state index in [1.165, 1.54) is 0 Å². The predicted octanol–water partition coefficient (Wildman–Crippen LogP) is -0.923. The number of carbonyl (C=O) groups is 1. The molecule has 2 unspecified atom stereocenters. The highest BCUT2D eigenvalue weighted by Gasteiger charge is 2.42. The Morgan fingerprint density at radius 1 is 1.67 bits per heavy atom. The SMILES string of the molecule is NC1C(=O)NC1C(F)F. The molecule has 0 aromatic carbocycles. The van der Waals surface area contributed by atoms with Gasteiger partial charge in [0.15, 0.2) is 0 Å². The molecule has 0 bridgehead atoms. The van der Waals surface area contributed by atoms with Gasteiger partial charge >= 0.3 is 0 Å². The van der Waals surface area contributed by atoms with Crippen molar-refractivity contribution in [3.63, 3.8) is 0 Å². The number of halogens is 2. The maximum atomic E-state index is 11.6. The van der Waals surface area contributed by atoms with E-state index in [4.69, 9.17) is 5.73 Å². The molecule has 0 aromatic rings. The summed E-state index contributed by atoms with van der Waals surface area (Å²) in [5.41, 5.74) is 4.98. The lowest BCUT2D eigenvalue weighted by Crippen LogP contribution is -2.69. The van der Waals surface area contributed by atoms with E-state index >= 15 is 0 Å². The Morgan fingerprint density at radius 2 is 2.22 bits per heavy atom. The largest absolute Gasteiger partial charge is 0.344 e. The molecular formula is C4H6F2N2O. The number of β-lactam (4-membered cyclic amide) rings is 1. The molecule has 1 fully saturated rings.